The number of aromatic nitrogens is 2. The molecule has 1 heterocycles. The number of sulfone groups is 1. The van der Waals surface area contributed by atoms with E-state index >= 15 is 0 Å². The van der Waals surface area contributed by atoms with Crippen LogP contribution in [0.5, 0.6) is 11.5 Å². The molecule has 3 rings (SSSR count). The van der Waals surface area contributed by atoms with Crippen molar-refractivity contribution in [3.63, 3.8) is 0 Å². The molecule has 0 bridgehead atoms. The molecule has 15 heteroatoms. The van der Waals surface area contributed by atoms with E-state index < -0.39 is 33.6 Å². The van der Waals surface area contributed by atoms with Crippen LogP contribution in [0.25, 0.3) is 0 Å². The highest BCUT2D eigenvalue weighted by Crippen LogP contribution is 2.39. The van der Waals surface area contributed by atoms with Crippen molar-refractivity contribution in [1.82, 2.24) is 14.9 Å². The predicted molar refractivity (Wildman–Crippen MR) is 160 cm³/mol. The zero-order valence-electron chi connectivity index (χ0n) is 23.9. The Kier molecular flexibility index (Phi) is 12.3. The highest BCUT2D eigenvalue weighted by Gasteiger charge is 2.22. The maximum absolute atomic E-state index is 13.3. The van der Waals surface area contributed by atoms with E-state index in [2.05, 4.69) is 20.6 Å². The zero-order chi connectivity index (χ0) is 30.2. The fraction of sp³-hybridized carbons (Fsp3) is 0.333. The lowest BCUT2D eigenvalue weighted by Crippen LogP contribution is -2.26. The van der Waals surface area contributed by atoms with Crippen molar-refractivity contribution in [2.75, 3.05) is 48.6 Å². The van der Waals surface area contributed by atoms with Crippen LogP contribution in [0.1, 0.15) is 27.2 Å². The van der Waals surface area contributed by atoms with Gasteiger partial charge in [0, 0.05) is 33.6 Å². The second kappa shape index (κ2) is 15.2. The topological polar surface area (TPSA) is 143 Å². The predicted octanol–water partition coefficient (Wildman–Crippen LogP) is 4.85. The summed E-state index contributed by atoms with van der Waals surface area (Å²) in [6.07, 6.45) is 0.801. The third-order valence-corrected chi connectivity index (χ3v) is 7.26. The molecule has 42 heavy (non-hydrogen) atoms. The summed E-state index contributed by atoms with van der Waals surface area (Å²) < 4.78 is 50.1. The fourth-order valence-electron chi connectivity index (χ4n) is 3.45. The second-order valence-electron chi connectivity index (χ2n) is 8.84. The first kappa shape index (κ1) is 34.0. The Morgan fingerprint density at radius 2 is 1.64 bits per heavy atom. The van der Waals surface area contributed by atoms with Crippen molar-refractivity contribution in [1.29, 1.82) is 0 Å². The zero-order valence-corrected chi connectivity index (χ0v) is 25.5. The first-order valence-electron chi connectivity index (χ1n) is 12.8. The number of hydrogen-bond donors (Lipinski definition) is 2. The Morgan fingerprint density at radius 3 is 2.24 bits per heavy atom. The van der Waals surface area contributed by atoms with Crippen LogP contribution in [0, 0.1) is 5.82 Å². The number of ether oxygens (including phenoxy) is 2. The van der Waals surface area contributed by atoms with Crippen LogP contribution in [-0.4, -0.2) is 68.4 Å². The van der Waals surface area contributed by atoms with Gasteiger partial charge < -0.3 is 29.9 Å². The standard InChI is InChI=1S/C27H33FN6O6S.ClH/c1-6-23(35)40-24-20(10-9-11-22(24)39-27(36)33(4)5)31-25-21(16-29-26(32-25)34(7-2)8-3)30-17-41(37,38)19-14-12-18(28)13-15-19;/h9-16,30H,6-8,17H2,1-5H3,(H,29,31,32);1H. The molecule has 0 saturated heterocycles. The molecule has 0 spiro atoms. The van der Waals surface area contributed by atoms with Gasteiger partial charge >= 0.3 is 12.1 Å². The van der Waals surface area contributed by atoms with Crippen LogP contribution in [0.4, 0.5) is 32.3 Å². The summed E-state index contributed by atoms with van der Waals surface area (Å²) in [4.78, 5) is 36.6. The lowest BCUT2D eigenvalue weighted by molar-refractivity contribution is -0.134. The lowest BCUT2D eigenvalue weighted by atomic mass is 10.2. The molecule has 0 unspecified atom stereocenters. The molecule has 0 saturated carbocycles. The molecular weight excluding hydrogens is 591 g/mol. The molecule has 0 aliphatic heterocycles. The molecule has 3 aromatic rings. The van der Waals surface area contributed by atoms with Gasteiger partial charge in [-0.25, -0.2) is 22.6 Å². The second-order valence-corrected chi connectivity index (χ2v) is 10.8. The molecule has 12 nitrogen and oxygen atoms in total. The molecule has 0 aliphatic carbocycles. The Hall–Kier alpha value is -4.17. The molecule has 2 N–H and O–H groups in total. The summed E-state index contributed by atoms with van der Waals surface area (Å²) in [7, 11) is -0.840. The maximum atomic E-state index is 13.3. The van der Waals surface area contributed by atoms with Gasteiger partial charge in [0.05, 0.1) is 22.5 Å². The highest BCUT2D eigenvalue weighted by molar-refractivity contribution is 7.91. The number of carbonyl (C=O) groups excluding carboxylic acids is 2. The van der Waals surface area contributed by atoms with Gasteiger partial charge in [0.15, 0.2) is 27.2 Å². The number of para-hydroxylation sites is 1. The van der Waals surface area contributed by atoms with Crippen molar-refractivity contribution in [3.05, 3.63) is 54.5 Å². The van der Waals surface area contributed by atoms with E-state index in [1.54, 1.807) is 19.1 Å². The van der Waals surface area contributed by atoms with Crippen LogP contribution < -0.4 is 25.0 Å². The van der Waals surface area contributed by atoms with Gasteiger partial charge in [-0.2, -0.15) is 4.98 Å². The number of rotatable bonds is 12. The van der Waals surface area contributed by atoms with Crippen molar-refractivity contribution in [2.24, 2.45) is 0 Å². The first-order chi connectivity index (χ1) is 19.5. The summed E-state index contributed by atoms with van der Waals surface area (Å²) in [5.74, 6) is -1.20. The van der Waals surface area contributed by atoms with Gasteiger partial charge in [-0.15, -0.1) is 12.4 Å². The van der Waals surface area contributed by atoms with Gasteiger partial charge in [0.1, 0.15) is 11.7 Å². The van der Waals surface area contributed by atoms with E-state index in [4.69, 9.17) is 9.47 Å². The SMILES string of the molecule is CCC(=O)Oc1c(Nc2nc(N(CC)CC)ncc2NCS(=O)(=O)c2ccc(F)cc2)cccc1OC(=O)N(C)C.Cl. The number of nitrogens with zero attached hydrogens (tertiary/aromatic N) is 4. The number of esters is 1. The van der Waals surface area contributed by atoms with E-state index in [0.717, 1.165) is 12.1 Å². The molecule has 0 radical (unpaired) electrons. The number of halogens is 2. The number of anilines is 4. The smallest absolute Gasteiger partial charge is 0.414 e. The van der Waals surface area contributed by atoms with Crippen LogP contribution in [-0.2, 0) is 14.6 Å². The molecule has 2 aromatic carbocycles. The fourth-order valence-corrected chi connectivity index (χ4v) is 4.52. The minimum Gasteiger partial charge on any atom is -0.420 e. The van der Waals surface area contributed by atoms with E-state index in [1.807, 2.05) is 18.7 Å². The van der Waals surface area contributed by atoms with Gasteiger partial charge in [-0.1, -0.05) is 13.0 Å². The minimum atomic E-state index is -3.86. The van der Waals surface area contributed by atoms with E-state index in [-0.39, 0.29) is 52.4 Å². The third kappa shape index (κ3) is 8.66. The van der Waals surface area contributed by atoms with Crippen LogP contribution in [0.3, 0.4) is 0 Å². The maximum Gasteiger partial charge on any atom is 0.414 e. The summed E-state index contributed by atoms with van der Waals surface area (Å²) in [6, 6.07) is 9.14. The lowest BCUT2D eigenvalue weighted by Gasteiger charge is -2.22. The van der Waals surface area contributed by atoms with Crippen LogP contribution in [0.2, 0.25) is 0 Å². The number of carbonyl (C=O) groups is 2. The monoisotopic (exact) mass is 624 g/mol. The Labute approximate surface area is 250 Å². The number of nitrogens with one attached hydrogen (secondary N) is 2. The summed E-state index contributed by atoms with van der Waals surface area (Å²) in [5.41, 5.74) is 0.444. The normalized spacial score (nSPS) is 10.7. The molecular formula is C27H34ClFN6O6S. The summed E-state index contributed by atoms with van der Waals surface area (Å²) in [6.45, 7) is 6.71. The van der Waals surface area contributed by atoms with E-state index in [1.165, 1.54) is 43.4 Å². The van der Waals surface area contributed by atoms with E-state index in [0.29, 0.717) is 19.0 Å². The summed E-state index contributed by atoms with van der Waals surface area (Å²) in [5, 5.41) is 5.91. The van der Waals surface area contributed by atoms with Gasteiger partial charge in [-0.05, 0) is 50.2 Å². The van der Waals surface area contributed by atoms with Gasteiger partial charge in [-0.3, -0.25) is 4.79 Å². The average Bonchev–Trinajstić information content (AvgIpc) is 2.95. The third-order valence-electron chi connectivity index (χ3n) is 5.75. The molecule has 228 valence electrons. The number of amides is 1. The Bertz CT molecular complexity index is 1490. The van der Waals surface area contributed by atoms with Crippen molar-refractivity contribution >= 4 is 57.4 Å². The molecule has 0 aliphatic rings. The summed E-state index contributed by atoms with van der Waals surface area (Å²) >= 11 is 0. The minimum absolute atomic E-state index is 0. The average molecular weight is 625 g/mol. The van der Waals surface area contributed by atoms with Crippen molar-refractivity contribution in [3.8, 4) is 11.5 Å². The van der Waals surface area contributed by atoms with Crippen molar-refractivity contribution < 1.29 is 31.9 Å². The Balaban J connectivity index is 0.00000616. The molecule has 0 fully saturated rings. The van der Waals surface area contributed by atoms with Crippen LogP contribution >= 0.6 is 12.4 Å². The number of hydrogen-bond acceptors (Lipinski definition) is 11. The van der Waals surface area contributed by atoms with Gasteiger partial charge in [0.25, 0.3) is 0 Å². The Morgan fingerprint density at radius 1 is 0.976 bits per heavy atom. The number of benzene rings is 2. The van der Waals surface area contributed by atoms with E-state index in [9.17, 15) is 22.4 Å². The highest BCUT2D eigenvalue weighted by atomic mass is 35.5. The van der Waals surface area contributed by atoms with Crippen LogP contribution in [0.15, 0.2) is 53.6 Å². The molecule has 1 amide bonds. The van der Waals surface area contributed by atoms with Gasteiger partial charge in [0.2, 0.25) is 5.95 Å². The van der Waals surface area contributed by atoms with Crippen molar-refractivity contribution in [2.45, 2.75) is 32.1 Å². The molecule has 1 aromatic heterocycles. The first-order valence-corrected chi connectivity index (χ1v) is 14.5. The molecule has 0 atom stereocenters. The quantitative estimate of drug-likeness (QED) is 0.162. The largest absolute Gasteiger partial charge is 0.420 e.